The van der Waals surface area contributed by atoms with Gasteiger partial charge in [0.05, 0.1) is 0 Å². The third-order valence-corrected chi connectivity index (χ3v) is 5.17. The summed E-state index contributed by atoms with van der Waals surface area (Å²) in [5.41, 5.74) is 1.79. The van der Waals surface area contributed by atoms with Gasteiger partial charge in [-0.05, 0) is 30.5 Å². The highest BCUT2D eigenvalue weighted by Gasteiger charge is 2.31. The summed E-state index contributed by atoms with van der Waals surface area (Å²) in [6.07, 6.45) is 1.70. The maximum Gasteiger partial charge on any atom is 0.246 e. The Hall–Kier alpha value is -2.66. The van der Waals surface area contributed by atoms with Crippen molar-refractivity contribution in [1.29, 1.82) is 0 Å². The van der Waals surface area contributed by atoms with Gasteiger partial charge in [0.25, 0.3) is 0 Å². The van der Waals surface area contributed by atoms with Crippen LogP contribution in [-0.2, 0) is 9.59 Å². The molecule has 0 radical (unpaired) electrons. The van der Waals surface area contributed by atoms with E-state index in [0.717, 1.165) is 37.2 Å². The summed E-state index contributed by atoms with van der Waals surface area (Å²) >= 11 is 0. The van der Waals surface area contributed by atoms with Gasteiger partial charge in [-0.3, -0.25) is 14.5 Å². The average molecular weight is 380 g/mol. The van der Waals surface area contributed by atoms with Crippen molar-refractivity contribution in [3.63, 3.8) is 0 Å². The average Bonchev–Trinajstić information content (AvgIpc) is 2.71. The van der Waals surface area contributed by atoms with Crippen LogP contribution in [0.3, 0.4) is 0 Å². The van der Waals surface area contributed by atoms with Crippen LogP contribution >= 0.6 is 0 Å². The Morgan fingerprint density at radius 1 is 0.893 bits per heavy atom. The van der Waals surface area contributed by atoms with Crippen LogP contribution in [0, 0.1) is 5.92 Å². The number of amides is 2. The fourth-order valence-corrected chi connectivity index (χ4v) is 3.57. The van der Waals surface area contributed by atoms with E-state index < -0.39 is 0 Å². The lowest BCUT2D eigenvalue weighted by atomic mass is 9.98. The van der Waals surface area contributed by atoms with E-state index in [9.17, 15) is 9.59 Å². The predicted molar refractivity (Wildman–Crippen MR) is 112 cm³/mol. The number of benzene rings is 2. The van der Waals surface area contributed by atoms with Gasteiger partial charge in [-0.25, -0.2) is 0 Å². The van der Waals surface area contributed by atoms with E-state index in [1.807, 2.05) is 74.5 Å². The highest BCUT2D eigenvalue weighted by atomic mass is 16.2. The third-order valence-electron chi connectivity index (χ3n) is 5.17. The van der Waals surface area contributed by atoms with E-state index in [-0.39, 0.29) is 29.8 Å². The van der Waals surface area contributed by atoms with Crippen LogP contribution in [0.25, 0.3) is 0 Å². The summed E-state index contributed by atoms with van der Waals surface area (Å²) in [7, 11) is 0. The molecule has 0 saturated carbocycles. The van der Waals surface area contributed by atoms with Gasteiger partial charge in [-0.2, -0.15) is 0 Å². The highest BCUT2D eigenvalue weighted by Crippen LogP contribution is 2.26. The molecule has 0 bridgehead atoms. The quantitative estimate of drug-likeness (QED) is 0.806. The number of hydrogen-bond donors (Lipinski definition) is 2. The third kappa shape index (κ3) is 5.20. The number of carbonyl (C=O) groups excluding carboxylic acids is 2. The summed E-state index contributed by atoms with van der Waals surface area (Å²) in [5.74, 6) is 0.0636. The molecular formula is C23H29N3O2. The number of anilines is 1. The fraction of sp³-hybridized carbons (Fsp3) is 0.391. The zero-order valence-corrected chi connectivity index (χ0v) is 16.6. The van der Waals surface area contributed by atoms with Crippen LogP contribution < -0.4 is 10.6 Å². The molecule has 5 heteroatoms. The Morgan fingerprint density at radius 2 is 1.46 bits per heavy atom. The summed E-state index contributed by atoms with van der Waals surface area (Å²) in [6.45, 7) is 5.35. The maximum atomic E-state index is 13.1. The predicted octanol–water partition coefficient (Wildman–Crippen LogP) is 3.60. The Labute approximate surface area is 167 Å². The summed E-state index contributed by atoms with van der Waals surface area (Å²) in [6, 6.07) is 19.3. The van der Waals surface area contributed by atoms with Crippen molar-refractivity contribution in [1.82, 2.24) is 10.2 Å². The molecule has 1 atom stereocenters. The van der Waals surface area contributed by atoms with Crippen LogP contribution in [0.1, 0.15) is 38.3 Å². The van der Waals surface area contributed by atoms with E-state index >= 15 is 0 Å². The highest BCUT2D eigenvalue weighted by molar-refractivity contribution is 5.95. The van der Waals surface area contributed by atoms with Crippen molar-refractivity contribution in [3.8, 4) is 0 Å². The number of carbonyl (C=O) groups is 2. The van der Waals surface area contributed by atoms with Gasteiger partial charge in [0.1, 0.15) is 6.04 Å². The zero-order chi connectivity index (χ0) is 19.9. The largest absolute Gasteiger partial charge is 0.353 e. The van der Waals surface area contributed by atoms with E-state index in [1.54, 1.807) is 0 Å². The first kappa shape index (κ1) is 20.1. The lowest BCUT2D eigenvalue weighted by Crippen LogP contribution is -2.48. The monoisotopic (exact) mass is 379 g/mol. The first-order chi connectivity index (χ1) is 13.5. The molecule has 2 amide bonds. The van der Waals surface area contributed by atoms with Crippen molar-refractivity contribution in [2.45, 2.75) is 38.8 Å². The number of para-hydroxylation sites is 1. The normalized spacial score (nSPS) is 16.5. The number of likely N-dealkylation sites (tertiary alicyclic amines) is 1. The van der Waals surface area contributed by atoms with E-state index in [0.29, 0.717) is 0 Å². The molecule has 0 aromatic heterocycles. The standard InChI is InChI=1S/C23H29N3O2/c1-17(2)22(27)24-20-13-15-26(16-14-20)21(18-9-5-3-6-10-18)23(28)25-19-11-7-4-8-12-19/h3-12,17,20-21H,13-16H2,1-2H3,(H,24,27)(H,25,28). The van der Waals surface area contributed by atoms with Crippen LogP contribution in [-0.4, -0.2) is 35.8 Å². The second-order valence-electron chi connectivity index (χ2n) is 7.64. The minimum Gasteiger partial charge on any atom is -0.353 e. The molecule has 1 fully saturated rings. The lowest BCUT2D eigenvalue weighted by molar-refractivity contribution is -0.126. The van der Waals surface area contributed by atoms with E-state index in [2.05, 4.69) is 15.5 Å². The number of nitrogens with one attached hydrogen (secondary N) is 2. The van der Waals surface area contributed by atoms with Gasteiger partial charge in [0.2, 0.25) is 11.8 Å². The molecule has 2 N–H and O–H groups in total. The molecule has 3 rings (SSSR count). The summed E-state index contributed by atoms with van der Waals surface area (Å²) in [4.78, 5) is 27.3. The molecule has 28 heavy (non-hydrogen) atoms. The number of nitrogens with zero attached hydrogens (tertiary/aromatic N) is 1. The molecule has 0 spiro atoms. The lowest BCUT2D eigenvalue weighted by Gasteiger charge is -2.37. The Morgan fingerprint density at radius 3 is 2.04 bits per heavy atom. The summed E-state index contributed by atoms with van der Waals surface area (Å²) in [5, 5.41) is 6.17. The minimum atomic E-state index is -0.344. The van der Waals surface area contributed by atoms with Crippen LogP contribution in [0.5, 0.6) is 0 Å². The maximum absolute atomic E-state index is 13.1. The van der Waals surface area contributed by atoms with E-state index in [1.165, 1.54) is 0 Å². The number of hydrogen-bond acceptors (Lipinski definition) is 3. The van der Waals surface area contributed by atoms with Crippen LogP contribution in [0.15, 0.2) is 60.7 Å². The van der Waals surface area contributed by atoms with Gasteiger partial charge in [-0.15, -0.1) is 0 Å². The second-order valence-corrected chi connectivity index (χ2v) is 7.64. The van der Waals surface area contributed by atoms with Crippen molar-refractivity contribution >= 4 is 17.5 Å². The van der Waals surface area contributed by atoms with Crippen LogP contribution in [0.4, 0.5) is 5.69 Å². The first-order valence-corrected chi connectivity index (χ1v) is 10.00. The van der Waals surface area contributed by atoms with E-state index in [4.69, 9.17) is 0 Å². The minimum absolute atomic E-state index is 0.00764. The molecule has 1 aliphatic heterocycles. The molecule has 1 unspecified atom stereocenters. The molecule has 0 aliphatic carbocycles. The van der Waals surface area contributed by atoms with Gasteiger partial charge in [0, 0.05) is 30.7 Å². The molecule has 1 saturated heterocycles. The molecule has 5 nitrogen and oxygen atoms in total. The van der Waals surface area contributed by atoms with Gasteiger partial charge >= 0.3 is 0 Å². The molecule has 148 valence electrons. The van der Waals surface area contributed by atoms with Gasteiger partial charge in [-0.1, -0.05) is 62.4 Å². The second kappa shape index (κ2) is 9.51. The van der Waals surface area contributed by atoms with Gasteiger partial charge < -0.3 is 10.6 Å². The number of rotatable bonds is 6. The zero-order valence-electron chi connectivity index (χ0n) is 16.6. The SMILES string of the molecule is CC(C)C(=O)NC1CCN(C(C(=O)Nc2ccccc2)c2ccccc2)CC1. The molecule has 1 heterocycles. The summed E-state index contributed by atoms with van der Waals surface area (Å²) < 4.78 is 0. The molecule has 1 aliphatic rings. The molecule has 2 aromatic rings. The smallest absolute Gasteiger partial charge is 0.246 e. The Kier molecular flexibility index (Phi) is 6.82. The van der Waals surface area contributed by atoms with Crippen LogP contribution in [0.2, 0.25) is 0 Å². The number of piperidine rings is 1. The fourth-order valence-electron chi connectivity index (χ4n) is 3.57. The first-order valence-electron chi connectivity index (χ1n) is 10.00. The molecule has 2 aromatic carbocycles. The van der Waals surface area contributed by atoms with Crippen molar-refractivity contribution in [3.05, 3.63) is 66.2 Å². The molecular weight excluding hydrogens is 350 g/mol. The van der Waals surface area contributed by atoms with Crippen molar-refractivity contribution in [2.75, 3.05) is 18.4 Å². The Balaban J connectivity index is 1.70. The topological polar surface area (TPSA) is 61.4 Å². The Bertz CT molecular complexity index is 769. The van der Waals surface area contributed by atoms with Gasteiger partial charge in [0.15, 0.2) is 0 Å². The van der Waals surface area contributed by atoms with Crippen molar-refractivity contribution < 1.29 is 9.59 Å². The van der Waals surface area contributed by atoms with Crippen molar-refractivity contribution in [2.24, 2.45) is 5.92 Å².